The average molecular weight is 282 g/mol. The Labute approximate surface area is 124 Å². The van der Waals surface area contributed by atoms with Gasteiger partial charge in [-0.1, -0.05) is 43.7 Å². The van der Waals surface area contributed by atoms with Crippen molar-refractivity contribution in [3.05, 3.63) is 53.6 Å². The molecule has 0 bridgehead atoms. The van der Waals surface area contributed by atoms with Crippen molar-refractivity contribution in [1.29, 1.82) is 0 Å². The molecule has 0 fully saturated rings. The van der Waals surface area contributed by atoms with Crippen LogP contribution in [0.2, 0.25) is 0 Å². The number of carbonyl (C=O) groups excluding carboxylic acids is 1. The minimum atomic E-state index is -0.173. The van der Waals surface area contributed by atoms with Crippen molar-refractivity contribution in [2.24, 2.45) is 0 Å². The van der Waals surface area contributed by atoms with E-state index in [-0.39, 0.29) is 11.9 Å². The molecule has 0 aliphatic carbocycles. The van der Waals surface area contributed by atoms with Crippen LogP contribution in [0.3, 0.4) is 0 Å². The number of fused-ring (bicyclic) bond motifs is 1. The molecule has 0 N–H and O–H groups in total. The molecule has 3 heteroatoms. The van der Waals surface area contributed by atoms with Crippen LogP contribution in [0.5, 0.6) is 17.2 Å². The summed E-state index contributed by atoms with van der Waals surface area (Å²) in [6, 6.07) is 13.5. The van der Waals surface area contributed by atoms with Crippen LogP contribution in [0.25, 0.3) is 0 Å². The zero-order valence-corrected chi connectivity index (χ0v) is 12.3. The fourth-order valence-corrected chi connectivity index (χ4v) is 2.65. The van der Waals surface area contributed by atoms with Gasteiger partial charge in [0.15, 0.2) is 11.5 Å². The molecule has 1 heterocycles. The largest absolute Gasteiger partial charge is 0.453 e. The summed E-state index contributed by atoms with van der Waals surface area (Å²) in [5.41, 5.74) is 1.98. The molecule has 3 rings (SSSR count). The average Bonchev–Trinajstić information content (AvgIpc) is 2.80. The Morgan fingerprint density at radius 2 is 1.86 bits per heavy atom. The predicted molar refractivity (Wildman–Crippen MR) is 81.0 cm³/mol. The number of hydrogen-bond acceptors (Lipinski definition) is 3. The number of ether oxygens (including phenoxy) is 2. The summed E-state index contributed by atoms with van der Waals surface area (Å²) in [5, 5.41) is 0. The number of benzene rings is 2. The lowest BCUT2D eigenvalue weighted by molar-refractivity contribution is -0.134. The maximum absolute atomic E-state index is 12.0. The lowest BCUT2D eigenvalue weighted by Gasteiger charge is -2.11. The lowest BCUT2D eigenvalue weighted by Crippen LogP contribution is -2.09. The molecule has 108 valence electrons. The molecule has 2 aromatic carbocycles. The van der Waals surface area contributed by atoms with Gasteiger partial charge in [-0.15, -0.1) is 0 Å². The smallest absolute Gasteiger partial charge is 0.319 e. The Hall–Kier alpha value is -2.29. The maximum Gasteiger partial charge on any atom is 0.319 e. The van der Waals surface area contributed by atoms with E-state index >= 15 is 0 Å². The normalized spacial score (nSPS) is 16.5. The molecule has 0 aromatic heterocycles. The summed E-state index contributed by atoms with van der Waals surface area (Å²) in [4.78, 5) is 12.0. The van der Waals surface area contributed by atoms with E-state index in [4.69, 9.17) is 9.47 Å². The second kappa shape index (κ2) is 5.60. The van der Waals surface area contributed by atoms with Gasteiger partial charge < -0.3 is 9.47 Å². The molecular weight excluding hydrogens is 264 g/mol. The van der Waals surface area contributed by atoms with Crippen LogP contribution in [-0.4, -0.2) is 5.97 Å². The van der Waals surface area contributed by atoms with Crippen molar-refractivity contribution < 1.29 is 14.3 Å². The van der Waals surface area contributed by atoms with Gasteiger partial charge in [0.2, 0.25) is 0 Å². The predicted octanol–water partition coefficient (Wildman–Crippen LogP) is 4.59. The zero-order valence-electron chi connectivity index (χ0n) is 12.3. The summed E-state index contributed by atoms with van der Waals surface area (Å²) in [7, 11) is 0. The van der Waals surface area contributed by atoms with Crippen molar-refractivity contribution in [3.8, 4) is 17.2 Å². The highest BCUT2D eigenvalue weighted by Crippen LogP contribution is 2.45. The van der Waals surface area contributed by atoms with Crippen molar-refractivity contribution in [1.82, 2.24) is 0 Å². The maximum atomic E-state index is 12.0. The van der Waals surface area contributed by atoms with E-state index in [2.05, 4.69) is 6.92 Å². The molecule has 1 aliphatic heterocycles. The standard InChI is InChI=1S/C18H18O3/c1-3-7-14-13-9-6-11-16(17(13)21-18(14)19)20-15-10-5-4-8-12(15)2/h4-6,8-11,14H,3,7H2,1-2H3. The molecule has 2 aromatic rings. The van der Waals surface area contributed by atoms with Crippen LogP contribution in [-0.2, 0) is 4.79 Å². The second-order valence-corrected chi connectivity index (χ2v) is 5.30. The summed E-state index contributed by atoms with van der Waals surface area (Å²) < 4.78 is 11.4. The van der Waals surface area contributed by atoms with E-state index < -0.39 is 0 Å². The first-order valence-corrected chi connectivity index (χ1v) is 7.28. The van der Waals surface area contributed by atoms with Crippen molar-refractivity contribution in [3.63, 3.8) is 0 Å². The summed E-state index contributed by atoms with van der Waals surface area (Å²) in [5.74, 6) is 1.62. The topological polar surface area (TPSA) is 35.5 Å². The first-order chi connectivity index (χ1) is 10.2. The molecule has 1 unspecified atom stereocenters. The van der Waals surface area contributed by atoms with Gasteiger partial charge in [0, 0.05) is 5.56 Å². The van der Waals surface area contributed by atoms with E-state index in [0.717, 1.165) is 29.7 Å². The highest BCUT2D eigenvalue weighted by Gasteiger charge is 2.34. The van der Waals surface area contributed by atoms with Gasteiger partial charge in [-0.05, 0) is 31.0 Å². The quantitative estimate of drug-likeness (QED) is 0.607. The third-order valence-corrected chi connectivity index (χ3v) is 3.76. The Balaban J connectivity index is 1.96. The van der Waals surface area contributed by atoms with Crippen LogP contribution < -0.4 is 9.47 Å². The lowest BCUT2D eigenvalue weighted by atomic mass is 9.96. The van der Waals surface area contributed by atoms with Gasteiger partial charge >= 0.3 is 5.97 Å². The Kier molecular flexibility index (Phi) is 3.65. The van der Waals surface area contributed by atoms with E-state index in [1.54, 1.807) is 0 Å². The highest BCUT2D eigenvalue weighted by molar-refractivity contribution is 5.87. The Morgan fingerprint density at radius 3 is 2.62 bits per heavy atom. The van der Waals surface area contributed by atoms with E-state index in [9.17, 15) is 4.79 Å². The summed E-state index contributed by atoms with van der Waals surface area (Å²) in [6.07, 6.45) is 1.75. The van der Waals surface area contributed by atoms with Crippen LogP contribution in [0.1, 0.15) is 36.8 Å². The SMILES string of the molecule is CCCC1C(=O)Oc2c(Oc3ccccc3C)cccc21. The van der Waals surface area contributed by atoms with Gasteiger partial charge in [0.25, 0.3) is 0 Å². The highest BCUT2D eigenvalue weighted by atomic mass is 16.6. The zero-order chi connectivity index (χ0) is 14.8. The van der Waals surface area contributed by atoms with E-state index in [1.807, 2.05) is 49.4 Å². The number of carbonyl (C=O) groups is 1. The second-order valence-electron chi connectivity index (χ2n) is 5.30. The van der Waals surface area contributed by atoms with Crippen LogP contribution in [0.15, 0.2) is 42.5 Å². The number of aryl methyl sites for hydroxylation is 1. The third-order valence-electron chi connectivity index (χ3n) is 3.76. The van der Waals surface area contributed by atoms with Gasteiger partial charge in [-0.2, -0.15) is 0 Å². The molecule has 0 saturated heterocycles. The number of hydrogen-bond donors (Lipinski definition) is 0. The molecule has 1 atom stereocenters. The third kappa shape index (κ3) is 2.51. The molecule has 0 spiro atoms. The Bertz CT molecular complexity index is 676. The van der Waals surface area contributed by atoms with E-state index in [0.29, 0.717) is 11.5 Å². The minimum absolute atomic E-state index is 0.162. The number of rotatable bonds is 4. The fourth-order valence-electron chi connectivity index (χ4n) is 2.65. The number of esters is 1. The van der Waals surface area contributed by atoms with Gasteiger partial charge in [-0.25, -0.2) is 0 Å². The molecule has 21 heavy (non-hydrogen) atoms. The van der Waals surface area contributed by atoms with Crippen LogP contribution in [0, 0.1) is 6.92 Å². The fraction of sp³-hybridized carbons (Fsp3) is 0.278. The number of para-hydroxylation sites is 2. The van der Waals surface area contributed by atoms with E-state index in [1.165, 1.54) is 0 Å². The summed E-state index contributed by atoms with van der Waals surface area (Å²) in [6.45, 7) is 4.06. The molecule has 0 radical (unpaired) electrons. The first kappa shape index (κ1) is 13.7. The molecule has 0 saturated carbocycles. The van der Waals surface area contributed by atoms with Crippen LogP contribution in [0.4, 0.5) is 0 Å². The Morgan fingerprint density at radius 1 is 1.10 bits per heavy atom. The van der Waals surface area contributed by atoms with Crippen molar-refractivity contribution in [2.45, 2.75) is 32.6 Å². The van der Waals surface area contributed by atoms with Crippen LogP contribution >= 0.6 is 0 Å². The van der Waals surface area contributed by atoms with Crippen molar-refractivity contribution in [2.75, 3.05) is 0 Å². The van der Waals surface area contributed by atoms with Crippen molar-refractivity contribution >= 4 is 5.97 Å². The first-order valence-electron chi connectivity index (χ1n) is 7.28. The minimum Gasteiger partial charge on any atom is -0.453 e. The molecule has 3 nitrogen and oxygen atoms in total. The van der Waals surface area contributed by atoms with Gasteiger partial charge in [0.05, 0.1) is 5.92 Å². The molecule has 1 aliphatic rings. The molecule has 0 amide bonds. The monoisotopic (exact) mass is 282 g/mol. The molecular formula is C18H18O3. The van der Waals surface area contributed by atoms with Gasteiger partial charge in [0.1, 0.15) is 5.75 Å². The van der Waals surface area contributed by atoms with Gasteiger partial charge in [-0.3, -0.25) is 4.79 Å². The summed E-state index contributed by atoms with van der Waals surface area (Å²) >= 11 is 0.